The molecule has 0 spiro atoms. The summed E-state index contributed by atoms with van der Waals surface area (Å²) >= 11 is 3.44. The summed E-state index contributed by atoms with van der Waals surface area (Å²) in [7, 11) is 0. The number of thioether (sulfide) groups is 1. The number of benzene rings is 1. The molecule has 17 heavy (non-hydrogen) atoms. The molecule has 1 aliphatic rings. The minimum atomic E-state index is 0.306. The highest BCUT2D eigenvalue weighted by Gasteiger charge is 2.25. The molecule has 0 bridgehead atoms. The molecule has 1 heterocycles. The molecule has 3 rings (SSSR count). The Balaban J connectivity index is 1.85. The van der Waals surface area contributed by atoms with E-state index in [0.29, 0.717) is 5.25 Å². The van der Waals surface area contributed by atoms with Crippen LogP contribution >= 0.6 is 23.1 Å². The minimum absolute atomic E-state index is 0.306. The molecular formula is C12H12N2OS2. The molecule has 1 saturated carbocycles. The first-order valence-corrected chi connectivity index (χ1v) is 7.29. The number of oxime groups is 1. The van der Waals surface area contributed by atoms with Gasteiger partial charge in [-0.05, 0) is 31.4 Å². The summed E-state index contributed by atoms with van der Waals surface area (Å²) in [6.07, 6.45) is 3.11. The summed E-state index contributed by atoms with van der Waals surface area (Å²) in [4.78, 5) is 4.59. The SMILES string of the molecule is ON=C1CCCC1Sc1nc2ccccc2s1. The summed E-state index contributed by atoms with van der Waals surface area (Å²) in [5.74, 6) is 0. The average molecular weight is 264 g/mol. The predicted octanol–water partition coefficient (Wildman–Crippen LogP) is 3.77. The quantitative estimate of drug-likeness (QED) is 0.663. The largest absolute Gasteiger partial charge is 0.411 e. The second-order valence-corrected chi connectivity index (χ2v) is 6.52. The van der Waals surface area contributed by atoms with E-state index in [0.717, 1.165) is 34.8 Å². The van der Waals surface area contributed by atoms with Gasteiger partial charge in [0.15, 0.2) is 4.34 Å². The van der Waals surface area contributed by atoms with Crippen LogP contribution in [0.25, 0.3) is 10.2 Å². The monoisotopic (exact) mass is 264 g/mol. The van der Waals surface area contributed by atoms with Crippen molar-refractivity contribution in [2.75, 3.05) is 0 Å². The zero-order chi connectivity index (χ0) is 11.7. The van der Waals surface area contributed by atoms with Crippen molar-refractivity contribution in [2.24, 2.45) is 5.16 Å². The van der Waals surface area contributed by atoms with Crippen molar-refractivity contribution >= 4 is 39.0 Å². The summed E-state index contributed by atoms with van der Waals surface area (Å²) in [5, 5.41) is 12.6. The van der Waals surface area contributed by atoms with Crippen LogP contribution in [0.1, 0.15) is 19.3 Å². The topological polar surface area (TPSA) is 45.5 Å². The highest BCUT2D eigenvalue weighted by molar-refractivity contribution is 8.02. The van der Waals surface area contributed by atoms with Gasteiger partial charge >= 0.3 is 0 Å². The Labute approximate surface area is 108 Å². The first-order chi connectivity index (χ1) is 8.36. The van der Waals surface area contributed by atoms with Gasteiger partial charge in [-0.1, -0.05) is 29.1 Å². The first kappa shape index (κ1) is 11.0. The van der Waals surface area contributed by atoms with E-state index in [2.05, 4.69) is 16.2 Å². The number of hydrogen-bond donors (Lipinski definition) is 1. The number of hydrogen-bond acceptors (Lipinski definition) is 5. The Kier molecular flexibility index (Phi) is 3.03. The van der Waals surface area contributed by atoms with Gasteiger partial charge in [0.05, 0.1) is 21.2 Å². The van der Waals surface area contributed by atoms with Crippen molar-refractivity contribution in [1.82, 2.24) is 4.98 Å². The van der Waals surface area contributed by atoms with Crippen molar-refractivity contribution in [3.05, 3.63) is 24.3 Å². The van der Waals surface area contributed by atoms with Crippen molar-refractivity contribution < 1.29 is 5.21 Å². The molecular weight excluding hydrogens is 252 g/mol. The molecule has 2 aromatic rings. The smallest absolute Gasteiger partial charge is 0.151 e. The van der Waals surface area contributed by atoms with E-state index in [9.17, 15) is 0 Å². The molecule has 88 valence electrons. The molecule has 3 nitrogen and oxygen atoms in total. The third-order valence-corrected chi connectivity index (χ3v) is 5.37. The Morgan fingerprint density at radius 3 is 3.12 bits per heavy atom. The van der Waals surface area contributed by atoms with Gasteiger partial charge in [0.2, 0.25) is 0 Å². The molecule has 0 radical (unpaired) electrons. The van der Waals surface area contributed by atoms with E-state index in [1.165, 1.54) is 4.70 Å². The Hall–Kier alpha value is -1.07. The van der Waals surface area contributed by atoms with Crippen LogP contribution in [0.2, 0.25) is 0 Å². The minimum Gasteiger partial charge on any atom is -0.411 e. The van der Waals surface area contributed by atoms with Crippen molar-refractivity contribution in [3.8, 4) is 0 Å². The molecule has 1 aromatic heterocycles. The fraction of sp³-hybridized carbons (Fsp3) is 0.333. The standard InChI is InChI=1S/C12H12N2OS2/c15-14-9-5-3-7-11(9)17-12-13-8-4-1-2-6-10(8)16-12/h1-2,4,6,11,15H,3,5,7H2. The maximum absolute atomic E-state index is 8.91. The zero-order valence-electron chi connectivity index (χ0n) is 9.17. The van der Waals surface area contributed by atoms with E-state index in [1.54, 1.807) is 23.1 Å². The zero-order valence-corrected chi connectivity index (χ0v) is 10.8. The van der Waals surface area contributed by atoms with Gasteiger partial charge in [0, 0.05) is 0 Å². The van der Waals surface area contributed by atoms with Crippen LogP contribution in [0.3, 0.4) is 0 Å². The van der Waals surface area contributed by atoms with E-state index < -0.39 is 0 Å². The Morgan fingerprint density at radius 2 is 2.29 bits per heavy atom. The van der Waals surface area contributed by atoms with Crippen LogP contribution in [-0.2, 0) is 0 Å². The van der Waals surface area contributed by atoms with Crippen molar-refractivity contribution in [3.63, 3.8) is 0 Å². The molecule has 5 heteroatoms. The lowest BCUT2D eigenvalue weighted by Crippen LogP contribution is -2.08. The van der Waals surface area contributed by atoms with Gasteiger partial charge in [-0.2, -0.15) is 0 Å². The van der Waals surface area contributed by atoms with E-state index in [1.807, 2.05) is 18.2 Å². The van der Waals surface area contributed by atoms with E-state index in [-0.39, 0.29) is 0 Å². The van der Waals surface area contributed by atoms with Crippen molar-refractivity contribution in [2.45, 2.75) is 28.9 Å². The Morgan fingerprint density at radius 1 is 1.41 bits per heavy atom. The van der Waals surface area contributed by atoms with Crippen LogP contribution < -0.4 is 0 Å². The second-order valence-electron chi connectivity index (χ2n) is 4.04. The summed E-state index contributed by atoms with van der Waals surface area (Å²) in [5.41, 5.74) is 1.97. The molecule has 0 aliphatic heterocycles. The average Bonchev–Trinajstić information content (AvgIpc) is 2.94. The van der Waals surface area contributed by atoms with Crippen LogP contribution in [0.4, 0.5) is 0 Å². The summed E-state index contributed by atoms with van der Waals surface area (Å²) in [6, 6.07) is 8.16. The lowest BCUT2D eigenvalue weighted by molar-refractivity contribution is 0.317. The van der Waals surface area contributed by atoms with Gasteiger partial charge in [0.25, 0.3) is 0 Å². The molecule has 1 unspecified atom stereocenters. The fourth-order valence-electron chi connectivity index (χ4n) is 2.06. The molecule has 0 saturated heterocycles. The van der Waals surface area contributed by atoms with Gasteiger partial charge in [-0.15, -0.1) is 11.3 Å². The lowest BCUT2D eigenvalue weighted by Gasteiger charge is -2.05. The molecule has 1 aliphatic carbocycles. The molecule has 1 N–H and O–H groups in total. The molecule has 0 amide bonds. The number of thiazole rings is 1. The highest BCUT2D eigenvalue weighted by Crippen LogP contribution is 2.37. The normalized spacial score (nSPS) is 22.6. The lowest BCUT2D eigenvalue weighted by atomic mass is 10.3. The molecule has 1 fully saturated rings. The maximum atomic E-state index is 8.91. The number of para-hydroxylation sites is 1. The first-order valence-electron chi connectivity index (χ1n) is 5.60. The number of rotatable bonds is 2. The van der Waals surface area contributed by atoms with E-state index >= 15 is 0 Å². The van der Waals surface area contributed by atoms with Gasteiger partial charge in [-0.25, -0.2) is 4.98 Å². The van der Waals surface area contributed by atoms with Crippen LogP contribution in [-0.4, -0.2) is 21.2 Å². The number of fused-ring (bicyclic) bond motifs is 1. The van der Waals surface area contributed by atoms with E-state index in [4.69, 9.17) is 5.21 Å². The number of aromatic nitrogens is 1. The van der Waals surface area contributed by atoms with Gasteiger partial charge < -0.3 is 5.21 Å². The Bertz CT molecular complexity index is 531. The predicted molar refractivity (Wildman–Crippen MR) is 72.3 cm³/mol. The van der Waals surface area contributed by atoms with Crippen LogP contribution in [0, 0.1) is 0 Å². The van der Waals surface area contributed by atoms with Gasteiger partial charge in [-0.3, -0.25) is 0 Å². The fourth-order valence-corrected chi connectivity index (χ4v) is 4.55. The number of nitrogens with zero attached hydrogens (tertiary/aromatic N) is 2. The van der Waals surface area contributed by atoms with Crippen LogP contribution in [0.15, 0.2) is 33.8 Å². The third kappa shape index (κ3) is 2.17. The summed E-state index contributed by atoms with van der Waals surface area (Å²) in [6.45, 7) is 0. The van der Waals surface area contributed by atoms with Crippen LogP contribution in [0.5, 0.6) is 0 Å². The maximum Gasteiger partial charge on any atom is 0.151 e. The highest BCUT2D eigenvalue weighted by atomic mass is 32.2. The third-order valence-electron chi connectivity index (χ3n) is 2.92. The van der Waals surface area contributed by atoms with Gasteiger partial charge in [0.1, 0.15) is 0 Å². The van der Waals surface area contributed by atoms with Crippen molar-refractivity contribution in [1.29, 1.82) is 0 Å². The second kappa shape index (κ2) is 4.66. The summed E-state index contributed by atoms with van der Waals surface area (Å²) < 4.78 is 2.29. The molecule has 1 atom stereocenters. The molecule has 1 aromatic carbocycles.